The molecule has 2 aliphatic rings. The van der Waals surface area contributed by atoms with Crippen molar-refractivity contribution in [3.63, 3.8) is 0 Å². The van der Waals surface area contributed by atoms with Crippen molar-refractivity contribution in [1.29, 1.82) is 5.26 Å². The van der Waals surface area contributed by atoms with Crippen molar-refractivity contribution in [2.75, 3.05) is 0 Å². The largest absolute Gasteiger partial charge is 0.324 e. The Morgan fingerprint density at radius 1 is 1.30 bits per heavy atom. The van der Waals surface area contributed by atoms with Gasteiger partial charge in [0.05, 0.1) is 22.8 Å². The predicted octanol–water partition coefficient (Wildman–Crippen LogP) is 3.95. The van der Waals surface area contributed by atoms with Gasteiger partial charge in [0.15, 0.2) is 0 Å². The monoisotopic (exact) mass is 406 g/mol. The Kier molecular flexibility index (Phi) is 4.82. The predicted molar refractivity (Wildman–Crippen MR) is 108 cm³/mol. The lowest BCUT2D eigenvalue weighted by molar-refractivity contribution is -0.438. The number of fused-ring (bicyclic) bond motifs is 1. The fourth-order valence-corrected chi connectivity index (χ4v) is 3.23. The number of aliphatic imine (C=N–C) groups is 1. The SMILES string of the molecule is CC(=NC(=O)C(C)(F)F)/C(c1ccc(C2CC2)nc1)=[N+]1\N=Cc2cc(C#N)ccc21. The third kappa shape index (κ3) is 3.79. The number of halogens is 2. The van der Waals surface area contributed by atoms with Crippen LogP contribution in [0.25, 0.3) is 0 Å². The van der Waals surface area contributed by atoms with Crippen LogP contribution in [0, 0.1) is 11.3 Å². The van der Waals surface area contributed by atoms with Crippen LogP contribution in [-0.2, 0) is 4.79 Å². The van der Waals surface area contributed by atoms with Crippen molar-refractivity contribution in [3.05, 3.63) is 58.9 Å². The number of nitriles is 1. The summed E-state index contributed by atoms with van der Waals surface area (Å²) < 4.78 is 28.4. The van der Waals surface area contributed by atoms with E-state index in [2.05, 4.69) is 21.1 Å². The van der Waals surface area contributed by atoms with Crippen molar-refractivity contribution in [2.24, 2.45) is 10.1 Å². The van der Waals surface area contributed by atoms with Gasteiger partial charge in [-0.1, -0.05) is 0 Å². The van der Waals surface area contributed by atoms with Crippen molar-refractivity contribution >= 4 is 29.2 Å². The van der Waals surface area contributed by atoms with Crippen LogP contribution in [0.3, 0.4) is 0 Å². The van der Waals surface area contributed by atoms with Gasteiger partial charge in [0, 0.05) is 30.8 Å². The Balaban J connectivity index is 1.86. The zero-order valence-electron chi connectivity index (χ0n) is 16.4. The number of alkyl halides is 2. The highest BCUT2D eigenvalue weighted by Gasteiger charge is 2.35. The molecule has 150 valence electrons. The number of hydrazone groups is 1. The summed E-state index contributed by atoms with van der Waals surface area (Å²) >= 11 is 0. The van der Waals surface area contributed by atoms with Crippen LogP contribution in [0.2, 0.25) is 0 Å². The molecule has 1 aromatic heterocycles. The average molecular weight is 406 g/mol. The molecule has 6 nitrogen and oxygen atoms in total. The van der Waals surface area contributed by atoms with E-state index in [9.17, 15) is 13.6 Å². The van der Waals surface area contributed by atoms with Crippen molar-refractivity contribution in [2.45, 2.75) is 38.5 Å². The van der Waals surface area contributed by atoms with Gasteiger partial charge in [-0.2, -0.15) is 14.0 Å². The summed E-state index contributed by atoms with van der Waals surface area (Å²) in [6.45, 7) is 2.01. The number of pyridine rings is 1. The Hall–Kier alpha value is -3.60. The van der Waals surface area contributed by atoms with Gasteiger partial charge in [0.2, 0.25) is 5.69 Å². The summed E-state index contributed by atoms with van der Waals surface area (Å²) in [6.07, 6.45) is 5.43. The van der Waals surface area contributed by atoms with Gasteiger partial charge in [0.1, 0.15) is 11.9 Å². The third-order valence-corrected chi connectivity index (χ3v) is 4.95. The minimum atomic E-state index is -3.58. The summed E-state index contributed by atoms with van der Waals surface area (Å²) in [4.78, 5) is 20.0. The molecule has 1 amide bonds. The average Bonchev–Trinajstić information content (AvgIpc) is 3.49. The number of benzene rings is 1. The molecule has 2 aromatic rings. The van der Waals surface area contributed by atoms with Crippen LogP contribution in [0.15, 0.2) is 46.6 Å². The first-order valence-electron chi connectivity index (χ1n) is 9.47. The van der Waals surface area contributed by atoms with Crippen LogP contribution < -0.4 is 0 Å². The standard InChI is InChI=1S/C22H18F2N5O/c1-13(28-21(30)22(2,23)24)20(16-6-7-18(26-11-16)15-4-5-15)29-19-8-3-14(10-25)9-17(19)12-27-29/h3,6-9,11-12,15H,4-5H2,1-2H3/q+1. The highest BCUT2D eigenvalue weighted by molar-refractivity contribution is 6.47. The summed E-state index contributed by atoms with van der Waals surface area (Å²) in [6, 6.07) is 10.8. The molecule has 1 aliphatic heterocycles. The highest BCUT2D eigenvalue weighted by Crippen LogP contribution is 2.38. The minimum absolute atomic E-state index is 0.0943. The molecule has 1 aromatic carbocycles. The Bertz CT molecular complexity index is 1160. The molecular weight excluding hydrogens is 388 g/mol. The summed E-state index contributed by atoms with van der Waals surface area (Å²) in [5, 5.41) is 13.5. The minimum Gasteiger partial charge on any atom is -0.266 e. The molecule has 2 heterocycles. The van der Waals surface area contributed by atoms with E-state index >= 15 is 0 Å². The zero-order chi connectivity index (χ0) is 21.5. The molecule has 0 N–H and O–H groups in total. The molecule has 8 heteroatoms. The van der Waals surface area contributed by atoms with Gasteiger partial charge in [0.25, 0.3) is 5.71 Å². The summed E-state index contributed by atoms with van der Waals surface area (Å²) in [7, 11) is 0. The van der Waals surface area contributed by atoms with E-state index in [1.165, 1.54) is 11.6 Å². The first-order valence-corrected chi connectivity index (χ1v) is 9.47. The number of aromatic nitrogens is 1. The molecule has 0 atom stereocenters. The van der Waals surface area contributed by atoms with E-state index in [1.807, 2.05) is 12.1 Å². The van der Waals surface area contributed by atoms with E-state index < -0.39 is 11.8 Å². The van der Waals surface area contributed by atoms with Crippen molar-refractivity contribution in [1.82, 2.24) is 4.98 Å². The lowest BCUT2D eigenvalue weighted by atomic mass is 10.1. The number of carbonyl (C=O) groups is 1. The van der Waals surface area contributed by atoms with E-state index in [0.717, 1.165) is 18.5 Å². The maximum atomic E-state index is 13.4. The molecule has 0 unspecified atom stereocenters. The van der Waals surface area contributed by atoms with Gasteiger partial charge >= 0.3 is 11.8 Å². The van der Waals surface area contributed by atoms with E-state index in [-0.39, 0.29) is 5.71 Å². The smallest absolute Gasteiger partial charge is 0.266 e. The third-order valence-electron chi connectivity index (χ3n) is 4.95. The number of rotatable bonds is 4. The maximum absolute atomic E-state index is 13.4. The Morgan fingerprint density at radius 2 is 2.07 bits per heavy atom. The lowest BCUT2D eigenvalue weighted by Crippen LogP contribution is -2.27. The quantitative estimate of drug-likeness (QED) is 0.569. The maximum Gasteiger partial charge on any atom is 0.324 e. The molecule has 0 spiro atoms. The van der Waals surface area contributed by atoms with Gasteiger partial charge in [-0.3, -0.25) is 9.78 Å². The summed E-state index contributed by atoms with van der Waals surface area (Å²) in [5.74, 6) is -4.63. The second kappa shape index (κ2) is 7.34. The number of hydrogen-bond donors (Lipinski definition) is 0. The molecular formula is C22H18F2N5O+. The molecule has 4 rings (SSSR count). The topological polar surface area (TPSA) is 81.5 Å². The molecule has 0 saturated heterocycles. The lowest BCUT2D eigenvalue weighted by Gasteiger charge is -2.07. The first-order chi connectivity index (χ1) is 14.3. The Labute approximate surface area is 171 Å². The van der Waals surface area contributed by atoms with E-state index in [1.54, 1.807) is 30.6 Å². The van der Waals surface area contributed by atoms with Crippen molar-refractivity contribution in [3.8, 4) is 6.07 Å². The number of carbonyl (C=O) groups excluding carboxylic acids is 1. The second-order valence-corrected chi connectivity index (χ2v) is 7.43. The van der Waals surface area contributed by atoms with E-state index in [4.69, 9.17) is 5.26 Å². The van der Waals surface area contributed by atoms with E-state index in [0.29, 0.717) is 40.9 Å². The van der Waals surface area contributed by atoms with Crippen LogP contribution in [0.1, 0.15) is 55.0 Å². The second-order valence-electron chi connectivity index (χ2n) is 7.43. The molecule has 1 aliphatic carbocycles. The zero-order valence-corrected chi connectivity index (χ0v) is 16.4. The normalized spacial score (nSPS) is 17.5. The molecule has 0 bridgehead atoms. The fraction of sp³-hybridized carbons (Fsp3) is 0.273. The van der Waals surface area contributed by atoms with Crippen LogP contribution in [-0.4, -0.2) is 39.1 Å². The van der Waals surface area contributed by atoms with Crippen LogP contribution >= 0.6 is 0 Å². The molecule has 1 fully saturated rings. The van der Waals surface area contributed by atoms with Gasteiger partial charge in [-0.15, -0.1) is 0 Å². The Morgan fingerprint density at radius 3 is 2.67 bits per heavy atom. The highest BCUT2D eigenvalue weighted by atomic mass is 19.3. The molecule has 1 saturated carbocycles. The van der Waals surface area contributed by atoms with Crippen molar-refractivity contribution < 1.29 is 18.3 Å². The van der Waals surface area contributed by atoms with Crippen LogP contribution in [0.4, 0.5) is 14.5 Å². The van der Waals surface area contributed by atoms with Gasteiger partial charge in [-0.25, -0.2) is 4.99 Å². The summed E-state index contributed by atoms with van der Waals surface area (Å²) in [5.41, 5.74) is 3.88. The number of amides is 1. The fourth-order valence-electron chi connectivity index (χ4n) is 3.23. The van der Waals surface area contributed by atoms with Gasteiger partial charge in [-0.05, 0) is 53.8 Å². The first kappa shape index (κ1) is 19.7. The van der Waals surface area contributed by atoms with Gasteiger partial charge < -0.3 is 0 Å². The molecule has 0 radical (unpaired) electrons. The van der Waals surface area contributed by atoms with Crippen LogP contribution in [0.5, 0.6) is 0 Å². The number of nitrogens with zero attached hydrogens (tertiary/aromatic N) is 5. The molecule has 30 heavy (non-hydrogen) atoms. The number of hydrogen-bond acceptors (Lipinski definition) is 4.